The second kappa shape index (κ2) is 8.56. The van der Waals surface area contributed by atoms with E-state index in [4.69, 9.17) is 4.74 Å². The lowest BCUT2D eigenvalue weighted by Crippen LogP contribution is -2.30. The van der Waals surface area contributed by atoms with Gasteiger partial charge in [-0.05, 0) is 47.2 Å². The molecule has 158 valence electrons. The fourth-order valence-corrected chi connectivity index (χ4v) is 4.65. The number of hydrogen-bond donors (Lipinski definition) is 1. The number of rotatable bonds is 6. The molecule has 0 radical (unpaired) electrons. The third-order valence-corrected chi connectivity index (χ3v) is 6.47. The van der Waals surface area contributed by atoms with Crippen molar-refractivity contribution in [2.75, 3.05) is 19.8 Å². The molecule has 4 aromatic heterocycles. The smallest absolute Gasteiger partial charge is 0.269 e. The van der Waals surface area contributed by atoms with Gasteiger partial charge in [0.25, 0.3) is 5.91 Å². The van der Waals surface area contributed by atoms with Crippen molar-refractivity contribution >= 4 is 27.5 Å². The third kappa shape index (κ3) is 4.35. The number of aromatic nitrogens is 4. The van der Waals surface area contributed by atoms with Crippen molar-refractivity contribution in [3.05, 3.63) is 64.9 Å². The SMILES string of the molecule is Cn1ccc(-c2ccc(Cc3cc(C(=O)NC[C@@H]4CCOC4)nc4ccsc34)cn2)n1. The van der Waals surface area contributed by atoms with Gasteiger partial charge in [-0.25, -0.2) is 4.98 Å². The maximum absolute atomic E-state index is 12.7. The molecule has 0 spiro atoms. The molecule has 1 fully saturated rings. The predicted molar refractivity (Wildman–Crippen MR) is 120 cm³/mol. The minimum atomic E-state index is -0.134. The van der Waals surface area contributed by atoms with Crippen LogP contribution in [-0.2, 0) is 18.2 Å². The van der Waals surface area contributed by atoms with Crippen LogP contribution in [0.15, 0.2) is 48.1 Å². The van der Waals surface area contributed by atoms with Crippen LogP contribution in [0.5, 0.6) is 0 Å². The zero-order chi connectivity index (χ0) is 21.2. The Hall–Kier alpha value is -3.10. The molecule has 5 heterocycles. The zero-order valence-electron chi connectivity index (χ0n) is 17.2. The van der Waals surface area contributed by atoms with Crippen LogP contribution >= 0.6 is 11.3 Å². The molecule has 5 rings (SSSR count). The minimum Gasteiger partial charge on any atom is -0.381 e. The first-order chi connectivity index (χ1) is 15.2. The molecule has 0 aromatic carbocycles. The molecular formula is C23H23N5O2S. The number of hydrogen-bond acceptors (Lipinski definition) is 6. The number of nitrogens with one attached hydrogen (secondary N) is 1. The van der Waals surface area contributed by atoms with Crippen LogP contribution < -0.4 is 5.32 Å². The van der Waals surface area contributed by atoms with Crippen molar-refractivity contribution in [3.8, 4) is 11.4 Å². The largest absolute Gasteiger partial charge is 0.381 e. The van der Waals surface area contributed by atoms with E-state index in [1.54, 1.807) is 16.0 Å². The van der Waals surface area contributed by atoms with Gasteiger partial charge in [0.05, 0.1) is 22.5 Å². The molecule has 1 atom stereocenters. The van der Waals surface area contributed by atoms with Gasteiger partial charge in [-0.15, -0.1) is 11.3 Å². The highest BCUT2D eigenvalue weighted by atomic mass is 32.1. The van der Waals surface area contributed by atoms with E-state index in [9.17, 15) is 4.79 Å². The van der Waals surface area contributed by atoms with Gasteiger partial charge >= 0.3 is 0 Å². The predicted octanol–water partition coefficient (Wildman–Crippen LogP) is 3.45. The Kier molecular flexibility index (Phi) is 5.48. The Balaban J connectivity index is 1.36. The lowest BCUT2D eigenvalue weighted by Gasteiger charge is -2.11. The first-order valence-electron chi connectivity index (χ1n) is 10.3. The maximum atomic E-state index is 12.7. The topological polar surface area (TPSA) is 81.9 Å². The average Bonchev–Trinajstić information content (AvgIpc) is 3.54. The molecule has 1 aliphatic heterocycles. The van der Waals surface area contributed by atoms with E-state index in [2.05, 4.69) is 26.4 Å². The van der Waals surface area contributed by atoms with Gasteiger partial charge in [-0.3, -0.25) is 14.5 Å². The number of amides is 1. The highest BCUT2D eigenvalue weighted by molar-refractivity contribution is 7.17. The van der Waals surface area contributed by atoms with Crippen LogP contribution in [0.3, 0.4) is 0 Å². The molecule has 0 unspecified atom stereocenters. The number of fused-ring (bicyclic) bond motifs is 1. The fraction of sp³-hybridized carbons (Fsp3) is 0.304. The second-order valence-corrected chi connectivity index (χ2v) is 8.76. The normalized spacial score (nSPS) is 16.1. The van der Waals surface area contributed by atoms with Crippen molar-refractivity contribution in [1.29, 1.82) is 0 Å². The van der Waals surface area contributed by atoms with Crippen LogP contribution in [0.2, 0.25) is 0 Å². The van der Waals surface area contributed by atoms with Crippen molar-refractivity contribution in [1.82, 2.24) is 25.1 Å². The molecule has 0 bridgehead atoms. The number of ether oxygens (including phenoxy) is 1. The number of thiophene rings is 1. The molecular weight excluding hydrogens is 410 g/mol. The summed E-state index contributed by atoms with van der Waals surface area (Å²) in [5.74, 6) is 0.252. The Morgan fingerprint density at radius 1 is 1.29 bits per heavy atom. The van der Waals surface area contributed by atoms with E-state index in [0.717, 1.165) is 45.8 Å². The molecule has 8 heteroatoms. The van der Waals surface area contributed by atoms with Crippen molar-refractivity contribution in [2.24, 2.45) is 13.0 Å². The zero-order valence-corrected chi connectivity index (χ0v) is 18.1. The number of carbonyl (C=O) groups excluding carboxylic acids is 1. The molecule has 31 heavy (non-hydrogen) atoms. The van der Waals surface area contributed by atoms with Gasteiger partial charge in [-0.2, -0.15) is 5.10 Å². The van der Waals surface area contributed by atoms with Gasteiger partial charge in [0.15, 0.2) is 0 Å². The van der Waals surface area contributed by atoms with Gasteiger partial charge in [0.1, 0.15) is 11.4 Å². The summed E-state index contributed by atoms with van der Waals surface area (Å²) in [6, 6.07) is 9.88. The van der Waals surface area contributed by atoms with Crippen LogP contribution in [0.4, 0.5) is 0 Å². The van der Waals surface area contributed by atoms with Gasteiger partial charge in [-0.1, -0.05) is 6.07 Å². The van der Waals surface area contributed by atoms with Gasteiger partial charge in [0, 0.05) is 44.9 Å². The summed E-state index contributed by atoms with van der Waals surface area (Å²) in [5.41, 5.74) is 5.17. The van der Waals surface area contributed by atoms with E-state index < -0.39 is 0 Å². The molecule has 4 aromatic rings. The molecule has 0 saturated carbocycles. The molecule has 1 aliphatic rings. The fourth-order valence-electron chi connectivity index (χ4n) is 3.80. The maximum Gasteiger partial charge on any atom is 0.269 e. The monoisotopic (exact) mass is 433 g/mol. The Labute approximate surface area is 184 Å². The van der Waals surface area contributed by atoms with Gasteiger partial charge < -0.3 is 10.1 Å². The van der Waals surface area contributed by atoms with E-state index in [1.165, 1.54) is 0 Å². The number of aryl methyl sites for hydroxylation is 1. The van der Waals surface area contributed by atoms with Crippen LogP contribution in [0, 0.1) is 5.92 Å². The van der Waals surface area contributed by atoms with E-state index >= 15 is 0 Å². The number of nitrogens with zero attached hydrogens (tertiary/aromatic N) is 4. The first-order valence-corrected chi connectivity index (χ1v) is 11.2. The van der Waals surface area contributed by atoms with Crippen LogP contribution in [-0.4, -0.2) is 45.4 Å². The Bertz CT molecular complexity index is 1210. The van der Waals surface area contributed by atoms with Crippen molar-refractivity contribution in [2.45, 2.75) is 12.8 Å². The minimum absolute atomic E-state index is 0.134. The molecule has 7 nitrogen and oxygen atoms in total. The lowest BCUT2D eigenvalue weighted by atomic mass is 10.0. The molecule has 1 amide bonds. The Morgan fingerprint density at radius 3 is 2.97 bits per heavy atom. The second-order valence-electron chi connectivity index (χ2n) is 7.84. The van der Waals surface area contributed by atoms with E-state index in [1.807, 2.05) is 49.1 Å². The summed E-state index contributed by atoms with van der Waals surface area (Å²) in [4.78, 5) is 21.9. The number of carbonyl (C=O) groups is 1. The highest BCUT2D eigenvalue weighted by Gasteiger charge is 2.18. The van der Waals surface area contributed by atoms with Crippen molar-refractivity contribution in [3.63, 3.8) is 0 Å². The third-order valence-electron chi connectivity index (χ3n) is 5.49. The van der Waals surface area contributed by atoms with Crippen LogP contribution in [0.25, 0.3) is 21.6 Å². The van der Waals surface area contributed by atoms with Crippen LogP contribution in [0.1, 0.15) is 28.0 Å². The van der Waals surface area contributed by atoms with Crippen molar-refractivity contribution < 1.29 is 9.53 Å². The Morgan fingerprint density at radius 2 is 2.23 bits per heavy atom. The molecule has 1 N–H and O–H groups in total. The lowest BCUT2D eigenvalue weighted by molar-refractivity contribution is 0.0940. The number of pyridine rings is 2. The first kappa shape index (κ1) is 19.8. The summed E-state index contributed by atoms with van der Waals surface area (Å²) in [6.07, 6.45) is 5.46. The summed E-state index contributed by atoms with van der Waals surface area (Å²) < 4.78 is 8.26. The average molecular weight is 434 g/mol. The van der Waals surface area contributed by atoms with E-state index in [0.29, 0.717) is 31.2 Å². The summed E-state index contributed by atoms with van der Waals surface area (Å²) in [6.45, 7) is 2.11. The summed E-state index contributed by atoms with van der Waals surface area (Å²) in [5, 5.41) is 9.43. The summed E-state index contributed by atoms with van der Waals surface area (Å²) >= 11 is 1.65. The van der Waals surface area contributed by atoms with Gasteiger partial charge in [0.2, 0.25) is 0 Å². The van der Waals surface area contributed by atoms with E-state index in [-0.39, 0.29) is 5.91 Å². The quantitative estimate of drug-likeness (QED) is 0.504. The molecule has 1 saturated heterocycles. The molecule has 0 aliphatic carbocycles. The standard InChI is InChI=1S/C23H23N5O2S/c1-28-7-4-19(27-28)18-3-2-15(12-24-18)10-17-11-21(26-20-6-9-31-22(17)20)23(29)25-13-16-5-8-30-14-16/h2-4,6-7,9,11-12,16H,5,8,10,13-14H2,1H3,(H,25,29)/t16-/m0/s1. The summed E-state index contributed by atoms with van der Waals surface area (Å²) in [7, 11) is 1.89. The highest BCUT2D eigenvalue weighted by Crippen LogP contribution is 2.27.